The van der Waals surface area contributed by atoms with Crippen LogP contribution in [0.4, 0.5) is 10.8 Å². The number of fused-ring (bicyclic) bond motifs is 1. The van der Waals surface area contributed by atoms with Gasteiger partial charge in [-0.05, 0) is 54.4 Å². The molecule has 1 aliphatic rings. The Bertz CT molecular complexity index is 1130. The van der Waals surface area contributed by atoms with E-state index < -0.39 is 10.0 Å². The zero-order valence-electron chi connectivity index (χ0n) is 15.0. The maximum Gasteiger partial charge on any atom is 0.263 e. The topological polar surface area (TPSA) is 97.4 Å². The third kappa shape index (κ3) is 4.52. The van der Waals surface area contributed by atoms with Crippen molar-refractivity contribution < 1.29 is 17.9 Å². The second-order valence-corrected chi connectivity index (χ2v) is 9.43. The Morgan fingerprint density at radius 3 is 2.72 bits per heavy atom. The number of thiazole rings is 1. The molecule has 7 nitrogen and oxygen atoms in total. The highest BCUT2D eigenvalue weighted by molar-refractivity contribution is 7.93. The standard InChI is InChI=1S/C19H16ClN3O4S2/c20-14-1-6-17-12(10-14)9-13(11-27-17)18(24)22-15-2-4-16(5-3-15)29(25,26)23-19-21-7-8-28-19/h1-8,10,13H,9,11H2,(H,21,23)(H,22,24)/t13-/m1/s1. The summed E-state index contributed by atoms with van der Waals surface area (Å²) in [5.41, 5.74) is 1.39. The summed E-state index contributed by atoms with van der Waals surface area (Å²) in [6, 6.07) is 11.3. The van der Waals surface area contributed by atoms with Crippen molar-refractivity contribution in [2.75, 3.05) is 16.6 Å². The van der Waals surface area contributed by atoms with Crippen molar-refractivity contribution in [1.29, 1.82) is 0 Å². The van der Waals surface area contributed by atoms with Gasteiger partial charge in [0.05, 0.1) is 10.8 Å². The Kier molecular flexibility index (Phi) is 5.44. The molecule has 0 spiro atoms. The Morgan fingerprint density at radius 2 is 2.00 bits per heavy atom. The number of rotatable bonds is 5. The molecular weight excluding hydrogens is 434 g/mol. The van der Waals surface area contributed by atoms with Gasteiger partial charge < -0.3 is 10.1 Å². The van der Waals surface area contributed by atoms with Crippen molar-refractivity contribution in [2.24, 2.45) is 5.92 Å². The quantitative estimate of drug-likeness (QED) is 0.617. The molecule has 0 radical (unpaired) electrons. The van der Waals surface area contributed by atoms with Gasteiger partial charge in [-0.3, -0.25) is 9.52 Å². The number of nitrogens with zero attached hydrogens (tertiary/aromatic N) is 1. The summed E-state index contributed by atoms with van der Waals surface area (Å²) in [6.45, 7) is 0.269. The molecule has 4 rings (SSSR count). The molecule has 10 heteroatoms. The summed E-state index contributed by atoms with van der Waals surface area (Å²) >= 11 is 7.21. The summed E-state index contributed by atoms with van der Waals surface area (Å²) in [7, 11) is -3.73. The lowest BCUT2D eigenvalue weighted by Crippen LogP contribution is -2.32. The first-order valence-corrected chi connectivity index (χ1v) is 11.4. The van der Waals surface area contributed by atoms with E-state index >= 15 is 0 Å². The summed E-state index contributed by atoms with van der Waals surface area (Å²) in [6.07, 6.45) is 2.04. The number of ether oxygens (including phenoxy) is 1. The van der Waals surface area contributed by atoms with E-state index in [-0.39, 0.29) is 23.3 Å². The highest BCUT2D eigenvalue weighted by Gasteiger charge is 2.26. The molecule has 2 heterocycles. The van der Waals surface area contributed by atoms with Crippen molar-refractivity contribution in [3.63, 3.8) is 0 Å². The minimum absolute atomic E-state index is 0.0790. The van der Waals surface area contributed by atoms with Crippen LogP contribution in [0.5, 0.6) is 5.75 Å². The lowest BCUT2D eigenvalue weighted by molar-refractivity contribution is -0.121. The number of nitrogens with one attached hydrogen (secondary N) is 2. The number of benzene rings is 2. The molecule has 2 N–H and O–H groups in total. The minimum Gasteiger partial charge on any atom is -0.492 e. The molecule has 3 aromatic rings. The Hall–Kier alpha value is -2.62. The Balaban J connectivity index is 1.42. The molecule has 0 bridgehead atoms. The van der Waals surface area contributed by atoms with E-state index in [0.29, 0.717) is 22.3 Å². The molecule has 0 saturated heterocycles. The SMILES string of the molecule is O=C(Nc1ccc(S(=O)(=O)Nc2nccs2)cc1)[C@H]1COc2ccc(Cl)cc2C1. The fraction of sp³-hybridized carbons (Fsp3) is 0.158. The number of hydrogen-bond acceptors (Lipinski definition) is 6. The normalized spacial score (nSPS) is 15.8. The predicted octanol–water partition coefficient (Wildman–Crippen LogP) is 3.79. The van der Waals surface area contributed by atoms with Crippen LogP contribution in [0, 0.1) is 5.92 Å². The fourth-order valence-electron chi connectivity index (χ4n) is 2.94. The van der Waals surface area contributed by atoms with Gasteiger partial charge in [-0.15, -0.1) is 11.3 Å². The number of halogens is 1. The van der Waals surface area contributed by atoms with Crippen LogP contribution in [0.1, 0.15) is 5.56 Å². The fourth-order valence-corrected chi connectivity index (χ4v) is 4.92. The van der Waals surface area contributed by atoms with E-state index in [4.69, 9.17) is 16.3 Å². The summed E-state index contributed by atoms with van der Waals surface area (Å²) in [4.78, 5) is 16.6. The molecule has 0 fully saturated rings. The first-order valence-electron chi connectivity index (χ1n) is 8.65. The smallest absolute Gasteiger partial charge is 0.263 e. The second kappa shape index (κ2) is 8.02. The highest BCUT2D eigenvalue weighted by atomic mass is 35.5. The molecule has 0 aliphatic carbocycles. The van der Waals surface area contributed by atoms with Crippen molar-refractivity contribution >= 4 is 49.7 Å². The number of amides is 1. The van der Waals surface area contributed by atoms with Gasteiger partial charge in [0.15, 0.2) is 5.13 Å². The summed E-state index contributed by atoms with van der Waals surface area (Å²) in [5.74, 6) is 0.170. The van der Waals surface area contributed by atoms with Crippen LogP contribution in [0.15, 0.2) is 58.9 Å². The third-order valence-electron chi connectivity index (χ3n) is 4.39. The maximum absolute atomic E-state index is 12.6. The average Bonchev–Trinajstić information content (AvgIpc) is 3.20. The monoisotopic (exact) mass is 449 g/mol. The molecule has 150 valence electrons. The zero-order valence-corrected chi connectivity index (χ0v) is 17.4. The molecule has 29 heavy (non-hydrogen) atoms. The minimum atomic E-state index is -3.73. The van der Waals surface area contributed by atoms with Crippen LogP contribution in [0.3, 0.4) is 0 Å². The van der Waals surface area contributed by atoms with Gasteiger partial charge >= 0.3 is 0 Å². The van der Waals surface area contributed by atoms with Crippen LogP contribution in [-0.2, 0) is 21.2 Å². The van der Waals surface area contributed by atoms with E-state index in [2.05, 4.69) is 15.0 Å². The van der Waals surface area contributed by atoms with Gasteiger partial charge in [0.2, 0.25) is 5.91 Å². The maximum atomic E-state index is 12.6. The third-order valence-corrected chi connectivity index (χ3v) is 6.79. The van der Waals surface area contributed by atoms with Gasteiger partial charge in [-0.25, -0.2) is 13.4 Å². The van der Waals surface area contributed by atoms with Crippen LogP contribution in [0.25, 0.3) is 0 Å². The summed E-state index contributed by atoms with van der Waals surface area (Å²) in [5, 5.41) is 5.37. The van der Waals surface area contributed by atoms with E-state index in [9.17, 15) is 13.2 Å². The molecule has 0 unspecified atom stereocenters. The lowest BCUT2D eigenvalue weighted by Gasteiger charge is -2.24. The van der Waals surface area contributed by atoms with Crippen LogP contribution < -0.4 is 14.8 Å². The highest BCUT2D eigenvalue weighted by Crippen LogP contribution is 2.30. The first kappa shape index (κ1) is 19.7. The number of sulfonamides is 1. The van der Waals surface area contributed by atoms with Crippen molar-refractivity contribution in [3.8, 4) is 5.75 Å². The molecule has 1 aromatic heterocycles. The number of hydrogen-bond donors (Lipinski definition) is 2. The molecule has 2 aromatic carbocycles. The molecule has 1 aliphatic heterocycles. The largest absolute Gasteiger partial charge is 0.492 e. The van der Waals surface area contributed by atoms with Gasteiger partial charge in [0.25, 0.3) is 10.0 Å². The molecular formula is C19H16ClN3O4S2. The lowest BCUT2D eigenvalue weighted by atomic mass is 9.96. The van der Waals surface area contributed by atoms with E-state index in [1.807, 2.05) is 0 Å². The Labute approximate surface area is 176 Å². The van der Waals surface area contributed by atoms with E-state index in [1.165, 1.54) is 29.7 Å². The van der Waals surface area contributed by atoms with E-state index in [0.717, 1.165) is 11.3 Å². The van der Waals surface area contributed by atoms with Gasteiger partial charge in [0, 0.05) is 22.3 Å². The number of aromatic nitrogens is 1. The zero-order chi connectivity index (χ0) is 20.4. The van der Waals surface area contributed by atoms with Crippen LogP contribution in [0.2, 0.25) is 5.02 Å². The average molecular weight is 450 g/mol. The second-order valence-electron chi connectivity index (χ2n) is 6.42. The van der Waals surface area contributed by atoms with Crippen molar-refractivity contribution in [1.82, 2.24) is 4.98 Å². The van der Waals surface area contributed by atoms with Gasteiger partial charge in [-0.2, -0.15) is 0 Å². The number of anilines is 2. The predicted molar refractivity (Wildman–Crippen MR) is 112 cm³/mol. The number of carbonyl (C=O) groups excluding carboxylic acids is 1. The summed E-state index contributed by atoms with van der Waals surface area (Å²) < 4.78 is 32.8. The van der Waals surface area contributed by atoms with Crippen molar-refractivity contribution in [2.45, 2.75) is 11.3 Å². The van der Waals surface area contributed by atoms with Gasteiger partial charge in [0.1, 0.15) is 12.4 Å². The van der Waals surface area contributed by atoms with Crippen molar-refractivity contribution in [3.05, 3.63) is 64.6 Å². The molecule has 1 atom stereocenters. The van der Waals surface area contributed by atoms with E-state index in [1.54, 1.807) is 35.7 Å². The van der Waals surface area contributed by atoms with Crippen LogP contribution in [-0.4, -0.2) is 25.9 Å². The molecule has 1 amide bonds. The Morgan fingerprint density at radius 1 is 1.21 bits per heavy atom. The molecule has 0 saturated carbocycles. The number of carbonyl (C=O) groups is 1. The first-order chi connectivity index (χ1) is 13.9. The van der Waals surface area contributed by atoms with Gasteiger partial charge in [-0.1, -0.05) is 11.6 Å². The van der Waals surface area contributed by atoms with Crippen LogP contribution >= 0.6 is 22.9 Å².